The van der Waals surface area contributed by atoms with Gasteiger partial charge in [0.05, 0.1) is 5.56 Å². The fourth-order valence-electron chi connectivity index (χ4n) is 4.18. The Morgan fingerprint density at radius 1 is 1.03 bits per heavy atom. The van der Waals surface area contributed by atoms with Crippen LogP contribution in [-0.2, 0) is 9.47 Å². The summed E-state index contributed by atoms with van der Waals surface area (Å²) in [5.41, 5.74) is 13.9. The van der Waals surface area contributed by atoms with Crippen molar-refractivity contribution in [3.63, 3.8) is 0 Å². The Labute approximate surface area is 203 Å². The van der Waals surface area contributed by atoms with E-state index in [2.05, 4.69) is 27.5 Å². The van der Waals surface area contributed by atoms with Gasteiger partial charge < -0.3 is 9.47 Å². The van der Waals surface area contributed by atoms with Gasteiger partial charge in [0.15, 0.2) is 0 Å². The summed E-state index contributed by atoms with van der Waals surface area (Å²) in [5, 5.41) is 6.34. The van der Waals surface area contributed by atoms with Gasteiger partial charge in [0.2, 0.25) is 0 Å². The third-order valence-electron chi connectivity index (χ3n) is 5.75. The molecule has 0 radical (unpaired) electrons. The quantitative estimate of drug-likeness (QED) is 0.183. The number of fused-ring (bicyclic) bond motifs is 3. The summed E-state index contributed by atoms with van der Waals surface area (Å²) >= 11 is 0. The van der Waals surface area contributed by atoms with Gasteiger partial charge in [0, 0.05) is 22.2 Å². The van der Waals surface area contributed by atoms with E-state index in [0.29, 0.717) is 11.3 Å². The van der Waals surface area contributed by atoms with E-state index in [1.165, 1.54) is 12.1 Å². The van der Waals surface area contributed by atoms with Crippen LogP contribution < -0.4 is 5.32 Å². The van der Waals surface area contributed by atoms with Gasteiger partial charge in [0.25, 0.3) is 0 Å². The van der Waals surface area contributed by atoms with Gasteiger partial charge in [-0.1, -0.05) is 53.6 Å². The zero-order valence-electron chi connectivity index (χ0n) is 20.0. The van der Waals surface area contributed by atoms with E-state index < -0.39 is 17.7 Å². The third kappa shape index (κ3) is 5.13. The van der Waals surface area contributed by atoms with Crippen LogP contribution in [0.2, 0.25) is 0 Å². The predicted molar refractivity (Wildman–Crippen MR) is 134 cm³/mol. The van der Waals surface area contributed by atoms with E-state index in [9.17, 15) is 9.59 Å². The molecule has 0 unspecified atom stereocenters. The maximum absolute atomic E-state index is 12.8. The molecular formula is C27H26N4O4. The number of nitrogens with zero attached hydrogens (tertiary/aromatic N) is 3. The summed E-state index contributed by atoms with van der Waals surface area (Å²) < 4.78 is 11.0. The SMILES string of the molecule is Cc1c(N=[N+]=[N-])cc(C(=O)OC(C)(C)C)cc1NC(=O)OCC1c2ccccc2-c2ccccc21. The molecule has 35 heavy (non-hydrogen) atoms. The predicted octanol–water partition coefficient (Wildman–Crippen LogP) is 7.25. The van der Waals surface area contributed by atoms with Crippen LogP contribution in [0.3, 0.4) is 0 Å². The van der Waals surface area contributed by atoms with Crippen molar-refractivity contribution in [2.24, 2.45) is 5.11 Å². The third-order valence-corrected chi connectivity index (χ3v) is 5.75. The van der Waals surface area contributed by atoms with E-state index in [0.717, 1.165) is 22.3 Å². The number of benzene rings is 3. The van der Waals surface area contributed by atoms with Crippen molar-refractivity contribution >= 4 is 23.4 Å². The van der Waals surface area contributed by atoms with E-state index in [1.54, 1.807) is 27.7 Å². The Hall–Kier alpha value is -4.29. The first-order chi connectivity index (χ1) is 16.7. The minimum atomic E-state index is -0.707. The highest BCUT2D eigenvalue weighted by molar-refractivity contribution is 5.95. The van der Waals surface area contributed by atoms with Crippen LogP contribution in [0.15, 0.2) is 65.8 Å². The van der Waals surface area contributed by atoms with Gasteiger partial charge in [-0.25, -0.2) is 9.59 Å². The second-order valence-electron chi connectivity index (χ2n) is 9.31. The molecule has 0 spiro atoms. The lowest BCUT2D eigenvalue weighted by Crippen LogP contribution is -2.24. The Morgan fingerprint density at radius 3 is 2.20 bits per heavy atom. The Bertz CT molecular complexity index is 1310. The largest absolute Gasteiger partial charge is 0.456 e. The summed E-state index contributed by atoms with van der Waals surface area (Å²) in [6.45, 7) is 7.09. The van der Waals surface area contributed by atoms with Gasteiger partial charge in [-0.2, -0.15) is 0 Å². The van der Waals surface area contributed by atoms with E-state index >= 15 is 0 Å². The van der Waals surface area contributed by atoms with Crippen molar-refractivity contribution in [1.82, 2.24) is 0 Å². The number of hydrogen-bond donors (Lipinski definition) is 1. The number of hydrogen-bond acceptors (Lipinski definition) is 5. The molecule has 0 heterocycles. The molecule has 1 N–H and O–H groups in total. The van der Waals surface area contributed by atoms with Gasteiger partial charge in [-0.15, -0.1) is 0 Å². The first-order valence-electron chi connectivity index (χ1n) is 11.2. The lowest BCUT2D eigenvalue weighted by Gasteiger charge is -2.20. The van der Waals surface area contributed by atoms with Gasteiger partial charge in [-0.3, -0.25) is 5.32 Å². The standard InChI is InChI=1S/C27H26N4O4/c1-16-23(13-17(14-24(16)30-31-28)25(32)35-27(2,3)4)29-26(33)34-15-22-20-11-7-5-9-18(20)19-10-6-8-12-21(19)22/h5-14,22H,15H2,1-4H3,(H,29,33). The molecule has 1 amide bonds. The Morgan fingerprint density at radius 2 is 1.63 bits per heavy atom. The molecule has 1 aliphatic carbocycles. The molecule has 0 atom stereocenters. The van der Waals surface area contributed by atoms with Crippen LogP contribution >= 0.6 is 0 Å². The molecule has 0 aromatic heterocycles. The summed E-state index contributed by atoms with van der Waals surface area (Å²) in [5.74, 6) is -0.677. The number of esters is 1. The maximum atomic E-state index is 12.8. The van der Waals surface area contributed by atoms with E-state index in [1.807, 2.05) is 36.4 Å². The molecule has 0 bridgehead atoms. The number of nitrogens with one attached hydrogen (secondary N) is 1. The highest BCUT2D eigenvalue weighted by Gasteiger charge is 2.29. The van der Waals surface area contributed by atoms with Crippen molar-refractivity contribution in [3.05, 3.63) is 93.4 Å². The lowest BCUT2D eigenvalue weighted by atomic mass is 9.98. The minimum absolute atomic E-state index is 0.0823. The Kier molecular flexibility index (Phi) is 6.49. The summed E-state index contributed by atoms with van der Waals surface area (Å²) in [4.78, 5) is 28.2. The molecule has 3 aromatic carbocycles. The van der Waals surface area contributed by atoms with Crippen LogP contribution in [0.25, 0.3) is 21.6 Å². The molecule has 8 nitrogen and oxygen atoms in total. The van der Waals surface area contributed by atoms with E-state index in [4.69, 9.17) is 15.0 Å². The topological polar surface area (TPSA) is 113 Å². The maximum Gasteiger partial charge on any atom is 0.411 e. The average molecular weight is 471 g/mol. The first-order valence-corrected chi connectivity index (χ1v) is 11.2. The van der Waals surface area contributed by atoms with Crippen molar-refractivity contribution in [3.8, 4) is 11.1 Å². The number of anilines is 1. The fourth-order valence-corrected chi connectivity index (χ4v) is 4.18. The molecule has 0 fully saturated rings. The number of azide groups is 1. The van der Waals surface area contributed by atoms with Crippen LogP contribution in [0.1, 0.15) is 53.7 Å². The number of carbonyl (C=O) groups is 2. The Balaban J connectivity index is 1.54. The number of rotatable bonds is 5. The van der Waals surface area contributed by atoms with Crippen molar-refractivity contribution in [1.29, 1.82) is 0 Å². The van der Waals surface area contributed by atoms with Crippen LogP contribution in [0.5, 0.6) is 0 Å². The normalized spacial score (nSPS) is 12.2. The van der Waals surface area contributed by atoms with Gasteiger partial charge in [-0.05, 0) is 73.2 Å². The minimum Gasteiger partial charge on any atom is -0.456 e. The average Bonchev–Trinajstić information content (AvgIpc) is 3.13. The van der Waals surface area contributed by atoms with Crippen molar-refractivity contribution in [2.75, 3.05) is 11.9 Å². The number of amides is 1. The molecule has 0 saturated heterocycles. The highest BCUT2D eigenvalue weighted by atomic mass is 16.6. The second kappa shape index (κ2) is 9.52. The molecule has 1 aliphatic rings. The molecule has 4 rings (SSSR count). The number of carbonyl (C=O) groups excluding carboxylic acids is 2. The monoisotopic (exact) mass is 470 g/mol. The highest BCUT2D eigenvalue weighted by Crippen LogP contribution is 2.44. The van der Waals surface area contributed by atoms with Gasteiger partial charge in [0.1, 0.15) is 12.2 Å². The fraction of sp³-hybridized carbons (Fsp3) is 0.259. The molecular weight excluding hydrogens is 444 g/mol. The molecule has 8 heteroatoms. The summed E-state index contributed by atoms with van der Waals surface area (Å²) in [6.07, 6.45) is -0.678. The van der Waals surface area contributed by atoms with Gasteiger partial charge >= 0.3 is 12.1 Å². The van der Waals surface area contributed by atoms with Crippen molar-refractivity contribution in [2.45, 2.75) is 39.2 Å². The van der Waals surface area contributed by atoms with Crippen LogP contribution in [-0.4, -0.2) is 24.3 Å². The van der Waals surface area contributed by atoms with Crippen molar-refractivity contribution < 1.29 is 19.1 Å². The summed E-state index contributed by atoms with van der Waals surface area (Å²) in [7, 11) is 0. The number of ether oxygens (including phenoxy) is 2. The zero-order valence-corrected chi connectivity index (χ0v) is 20.0. The molecule has 178 valence electrons. The van der Waals surface area contributed by atoms with Crippen LogP contribution in [0.4, 0.5) is 16.2 Å². The summed E-state index contributed by atoms with van der Waals surface area (Å²) in [6, 6.07) is 19.1. The zero-order chi connectivity index (χ0) is 25.2. The smallest absolute Gasteiger partial charge is 0.411 e. The van der Waals surface area contributed by atoms with Crippen LogP contribution in [0, 0.1) is 6.92 Å². The molecule has 3 aromatic rings. The lowest BCUT2D eigenvalue weighted by molar-refractivity contribution is 0.00695. The molecule has 0 aliphatic heterocycles. The first kappa shape index (κ1) is 23.9. The molecule has 0 saturated carbocycles. The van der Waals surface area contributed by atoms with E-state index in [-0.39, 0.29) is 23.8 Å². The second-order valence-corrected chi connectivity index (χ2v) is 9.31.